The van der Waals surface area contributed by atoms with E-state index in [1.54, 1.807) is 0 Å². The smallest absolute Gasteiger partial charge is 0.407 e. The number of aliphatic hydroxyl groups excluding tert-OH is 1. The summed E-state index contributed by atoms with van der Waals surface area (Å²) in [5, 5.41) is 18.1. The second-order valence-corrected chi connectivity index (χ2v) is 4.05. The maximum atomic E-state index is 12.2. The first-order chi connectivity index (χ1) is 8.43. The number of nitrogens with zero attached hydrogens (tertiary/aromatic N) is 1. The summed E-state index contributed by atoms with van der Waals surface area (Å²) < 4.78 is 24.4. The Labute approximate surface area is 107 Å². The lowest BCUT2D eigenvalue weighted by atomic mass is 10.1. The molecule has 0 aromatic heterocycles. The number of hydrogen-bond donors (Lipinski definition) is 2. The van der Waals surface area contributed by atoms with Gasteiger partial charge in [0.15, 0.2) is 0 Å². The van der Waals surface area contributed by atoms with Crippen LogP contribution < -0.4 is 0 Å². The predicted octanol–water partition coefficient (Wildman–Crippen LogP) is 2.58. The van der Waals surface area contributed by atoms with E-state index in [4.69, 9.17) is 21.8 Å². The Kier molecular flexibility index (Phi) is 5.30. The number of carbonyl (C=O) groups is 1. The molecule has 0 aliphatic rings. The number of alkyl halides is 2. The zero-order valence-corrected chi connectivity index (χ0v) is 10.1. The zero-order valence-electron chi connectivity index (χ0n) is 9.31. The van der Waals surface area contributed by atoms with E-state index >= 15 is 0 Å². The Balaban J connectivity index is 2.83. The number of hydrogen-bond acceptors (Lipinski definition) is 2. The molecule has 1 rings (SSSR count). The SMILES string of the molecule is O=C(O)N(Cc1ccc(Cl)c(CO)c1)CC(F)F. The van der Waals surface area contributed by atoms with Crippen LogP contribution in [0.4, 0.5) is 13.6 Å². The van der Waals surface area contributed by atoms with E-state index in [2.05, 4.69) is 0 Å². The first kappa shape index (κ1) is 14.7. The first-order valence-corrected chi connectivity index (χ1v) is 5.46. The molecule has 0 aliphatic heterocycles. The summed E-state index contributed by atoms with van der Waals surface area (Å²) in [6.07, 6.45) is -4.15. The number of amides is 1. The van der Waals surface area contributed by atoms with Crippen LogP contribution in [0.5, 0.6) is 0 Å². The molecule has 2 N–H and O–H groups in total. The van der Waals surface area contributed by atoms with Crippen molar-refractivity contribution in [2.45, 2.75) is 19.6 Å². The van der Waals surface area contributed by atoms with E-state index in [1.165, 1.54) is 18.2 Å². The van der Waals surface area contributed by atoms with Crippen LogP contribution >= 0.6 is 11.6 Å². The van der Waals surface area contributed by atoms with Gasteiger partial charge < -0.3 is 10.2 Å². The largest absolute Gasteiger partial charge is 0.465 e. The highest BCUT2D eigenvalue weighted by molar-refractivity contribution is 6.31. The van der Waals surface area contributed by atoms with Gasteiger partial charge in [0.1, 0.15) is 0 Å². The van der Waals surface area contributed by atoms with Gasteiger partial charge in [-0.05, 0) is 17.2 Å². The Hall–Kier alpha value is -1.40. The molecule has 0 atom stereocenters. The monoisotopic (exact) mass is 279 g/mol. The Bertz CT molecular complexity index is 429. The molecular weight excluding hydrogens is 268 g/mol. The van der Waals surface area contributed by atoms with Gasteiger partial charge in [0.05, 0.1) is 13.2 Å². The van der Waals surface area contributed by atoms with Crippen LogP contribution in [0.25, 0.3) is 0 Å². The Morgan fingerprint density at radius 2 is 2.11 bits per heavy atom. The molecule has 0 spiro atoms. The molecule has 0 fully saturated rings. The molecule has 0 heterocycles. The summed E-state index contributed by atoms with van der Waals surface area (Å²) in [6, 6.07) is 4.51. The quantitative estimate of drug-likeness (QED) is 0.871. The van der Waals surface area contributed by atoms with Gasteiger partial charge in [-0.1, -0.05) is 23.7 Å². The second kappa shape index (κ2) is 6.51. The van der Waals surface area contributed by atoms with Gasteiger partial charge in [-0.15, -0.1) is 0 Å². The zero-order chi connectivity index (χ0) is 13.7. The van der Waals surface area contributed by atoms with Crippen LogP contribution in [0.2, 0.25) is 5.02 Å². The average molecular weight is 280 g/mol. The number of benzene rings is 1. The summed E-state index contributed by atoms with van der Waals surface area (Å²) in [6.45, 7) is -1.33. The summed E-state index contributed by atoms with van der Waals surface area (Å²) >= 11 is 5.77. The molecule has 1 aromatic rings. The normalized spacial score (nSPS) is 10.7. The average Bonchev–Trinajstić information content (AvgIpc) is 2.29. The third kappa shape index (κ3) is 4.12. The van der Waals surface area contributed by atoms with E-state index in [0.29, 0.717) is 21.0 Å². The van der Waals surface area contributed by atoms with Gasteiger partial charge in [0, 0.05) is 11.6 Å². The van der Waals surface area contributed by atoms with Crippen LogP contribution in [-0.4, -0.2) is 34.2 Å². The first-order valence-electron chi connectivity index (χ1n) is 5.08. The summed E-state index contributed by atoms with van der Waals surface area (Å²) in [7, 11) is 0. The number of carboxylic acid groups (broad SMARTS) is 1. The fourth-order valence-corrected chi connectivity index (χ4v) is 1.62. The molecule has 4 nitrogen and oxygen atoms in total. The minimum absolute atomic E-state index is 0.177. The molecule has 0 bridgehead atoms. The molecule has 0 unspecified atom stereocenters. The number of aliphatic hydroxyl groups is 1. The molecular formula is C11H12ClF2NO3. The van der Waals surface area contributed by atoms with Crippen LogP contribution in [0.1, 0.15) is 11.1 Å². The highest BCUT2D eigenvalue weighted by Gasteiger charge is 2.17. The van der Waals surface area contributed by atoms with Crippen molar-refractivity contribution in [3.05, 3.63) is 34.3 Å². The minimum atomic E-state index is -2.73. The molecule has 1 amide bonds. The van der Waals surface area contributed by atoms with Crippen LogP contribution in [0.3, 0.4) is 0 Å². The molecule has 0 aliphatic carbocycles. The van der Waals surface area contributed by atoms with Crippen molar-refractivity contribution in [1.82, 2.24) is 4.90 Å². The highest BCUT2D eigenvalue weighted by atomic mass is 35.5. The van der Waals surface area contributed by atoms with E-state index in [1.807, 2.05) is 0 Å². The molecule has 1 aromatic carbocycles. The molecule has 0 saturated heterocycles. The lowest BCUT2D eigenvalue weighted by Crippen LogP contribution is -2.33. The summed E-state index contributed by atoms with van der Waals surface area (Å²) in [5.41, 5.74) is 0.919. The summed E-state index contributed by atoms with van der Waals surface area (Å²) in [5.74, 6) is 0. The van der Waals surface area contributed by atoms with E-state index in [-0.39, 0.29) is 13.2 Å². The van der Waals surface area contributed by atoms with Crippen molar-refractivity contribution in [3.63, 3.8) is 0 Å². The van der Waals surface area contributed by atoms with Gasteiger partial charge in [0.2, 0.25) is 0 Å². The topological polar surface area (TPSA) is 60.8 Å². The maximum Gasteiger partial charge on any atom is 0.407 e. The van der Waals surface area contributed by atoms with Crippen molar-refractivity contribution in [2.24, 2.45) is 0 Å². The fraction of sp³-hybridized carbons (Fsp3) is 0.364. The lowest BCUT2D eigenvalue weighted by Gasteiger charge is -2.19. The molecule has 0 radical (unpaired) electrons. The van der Waals surface area contributed by atoms with Gasteiger partial charge >= 0.3 is 6.09 Å². The van der Waals surface area contributed by atoms with Crippen LogP contribution in [-0.2, 0) is 13.2 Å². The molecule has 18 heavy (non-hydrogen) atoms. The number of halogens is 3. The second-order valence-electron chi connectivity index (χ2n) is 3.64. The van der Waals surface area contributed by atoms with Crippen LogP contribution in [0, 0.1) is 0 Å². The van der Waals surface area contributed by atoms with E-state index in [0.717, 1.165) is 0 Å². The third-order valence-electron chi connectivity index (χ3n) is 2.28. The molecule has 100 valence electrons. The van der Waals surface area contributed by atoms with Crippen LogP contribution in [0.15, 0.2) is 18.2 Å². The van der Waals surface area contributed by atoms with Crippen molar-refractivity contribution in [3.8, 4) is 0 Å². The van der Waals surface area contributed by atoms with Gasteiger partial charge in [0.25, 0.3) is 6.43 Å². The van der Waals surface area contributed by atoms with Gasteiger partial charge in [-0.2, -0.15) is 0 Å². The van der Waals surface area contributed by atoms with E-state index in [9.17, 15) is 13.6 Å². The van der Waals surface area contributed by atoms with Crippen molar-refractivity contribution >= 4 is 17.7 Å². The maximum absolute atomic E-state index is 12.2. The highest BCUT2D eigenvalue weighted by Crippen LogP contribution is 2.19. The molecule has 7 heteroatoms. The standard InChI is InChI=1S/C11H12ClF2NO3/c12-9-2-1-7(3-8(9)6-16)4-15(11(17)18)5-10(13)14/h1-3,10,16H,4-6H2,(H,17,18). The van der Waals surface area contributed by atoms with Gasteiger partial charge in [-0.25, -0.2) is 13.6 Å². The lowest BCUT2D eigenvalue weighted by molar-refractivity contribution is 0.0767. The predicted molar refractivity (Wildman–Crippen MR) is 61.8 cm³/mol. The van der Waals surface area contributed by atoms with Gasteiger partial charge in [-0.3, -0.25) is 4.90 Å². The Morgan fingerprint density at radius 1 is 1.44 bits per heavy atom. The van der Waals surface area contributed by atoms with Crippen molar-refractivity contribution in [2.75, 3.05) is 6.54 Å². The summed E-state index contributed by atoms with van der Waals surface area (Å²) in [4.78, 5) is 11.4. The third-order valence-corrected chi connectivity index (χ3v) is 2.65. The van der Waals surface area contributed by atoms with E-state index < -0.39 is 19.1 Å². The Morgan fingerprint density at radius 3 is 2.61 bits per heavy atom. The molecule has 0 saturated carbocycles. The van der Waals surface area contributed by atoms with Crippen molar-refractivity contribution < 1.29 is 23.8 Å². The van der Waals surface area contributed by atoms with Crippen molar-refractivity contribution in [1.29, 1.82) is 0 Å². The minimum Gasteiger partial charge on any atom is -0.465 e. The fourth-order valence-electron chi connectivity index (χ4n) is 1.44. The number of rotatable bonds is 5.